The molecule has 0 unspecified atom stereocenters. The number of ether oxygens (including phenoxy) is 1. The van der Waals surface area contributed by atoms with E-state index in [1.54, 1.807) is 0 Å². The van der Waals surface area contributed by atoms with Crippen molar-refractivity contribution >= 4 is 0 Å². The molecule has 0 radical (unpaired) electrons. The lowest BCUT2D eigenvalue weighted by Gasteiger charge is -2.24. The number of hydrogen-bond donors (Lipinski definition) is 1. The fraction of sp³-hybridized carbons (Fsp3) is 0.600. The Morgan fingerprint density at radius 2 is 1.89 bits per heavy atom. The molecule has 0 aliphatic carbocycles. The van der Waals surface area contributed by atoms with Crippen molar-refractivity contribution in [1.82, 2.24) is 10.2 Å². The topological polar surface area (TPSA) is 24.5 Å². The largest absolute Gasteiger partial charge is 0.492 e. The monoisotopic (exact) mass is 250 g/mol. The van der Waals surface area contributed by atoms with Gasteiger partial charge in [-0.05, 0) is 45.1 Å². The molecule has 3 heteroatoms. The molecule has 0 aliphatic rings. The third kappa shape index (κ3) is 5.07. The number of rotatable bonds is 8. The smallest absolute Gasteiger partial charge is 0.119 e. The van der Waals surface area contributed by atoms with E-state index < -0.39 is 0 Å². The van der Waals surface area contributed by atoms with Crippen molar-refractivity contribution < 1.29 is 4.74 Å². The summed E-state index contributed by atoms with van der Waals surface area (Å²) in [7, 11) is 1.95. The summed E-state index contributed by atoms with van der Waals surface area (Å²) in [5.74, 6) is 0.953. The molecule has 102 valence electrons. The quantitative estimate of drug-likeness (QED) is 0.767. The number of nitrogens with one attached hydrogen (secondary N) is 1. The minimum Gasteiger partial charge on any atom is -0.492 e. The molecule has 0 bridgehead atoms. The molecular formula is C15H26N2O. The highest BCUT2D eigenvalue weighted by molar-refractivity contribution is 5.27. The van der Waals surface area contributed by atoms with Gasteiger partial charge in [0.05, 0.1) is 0 Å². The Bertz CT molecular complexity index is 322. The van der Waals surface area contributed by atoms with E-state index in [9.17, 15) is 0 Å². The van der Waals surface area contributed by atoms with Gasteiger partial charge in [0.25, 0.3) is 0 Å². The summed E-state index contributed by atoms with van der Waals surface area (Å²) in [6, 6.07) is 8.87. The van der Waals surface area contributed by atoms with Crippen LogP contribution in [0.4, 0.5) is 0 Å². The first-order valence-corrected chi connectivity index (χ1v) is 6.77. The lowest BCUT2D eigenvalue weighted by Crippen LogP contribution is -2.34. The van der Waals surface area contributed by atoms with Gasteiger partial charge in [-0.3, -0.25) is 4.90 Å². The second-order valence-electron chi connectivity index (χ2n) is 4.75. The molecule has 1 aromatic carbocycles. The number of nitrogens with zero attached hydrogens (tertiary/aromatic N) is 1. The zero-order valence-electron chi connectivity index (χ0n) is 12.1. The van der Waals surface area contributed by atoms with Crippen LogP contribution in [0.5, 0.6) is 5.75 Å². The molecule has 0 spiro atoms. The maximum atomic E-state index is 5.76. The van der Waals surface area contributed by atoms with Gasteiger partial charge in [0.15, 0.2) is 0 Å². The second-order valence-corrected chi connectivity index (χ2v) is 4.75. The average Bonchev–Trinajstić information content (AvgIpc) is 2.36. The summed E-state index contributed by atoms with van der Waals surface area (Å²) in [6.45, 7) is 10.3. The van der Waals surface area contributed by atoms with Crippen molar-refractivity contribution in [3.63, 3.8) is 0 Å². The van der Waals surface area contributed by atoms with Crippen molar-refractivity contribution in [2.24, 2.45) is 0 Å². The van der Waals surface area contributed by atoms with Gasteiger partial charge in [-0.1, -0.05) is 19.1 Å². The van der Waals surface area contributed by atoms with Crippen LogP contribution in [0.1, 0.15) is 26.3 Å². The molecular weight excluding hydrogens is 224 g/mol. The van der Waals surface area contributed by atoms with Crippen molar-refractivity contribution in [2.75, 3.05) is 26.7 Å². The van der Waals surface area contributed by atoms with Gasteiger partial charge in [0.2, 0.25) is 0 Å². The molecule has 18 heavy (non-hydrogen) atoms. The summed E-state index contributed by atoms with van der Waals surface area (Å²) in [4.78, 5) is 2.40. The summed E-state index contributed by atoms with van der Waals surface area (Å²) in [5, 5.41) is 3.13. The van der Waals surface area contributed by atoms with Gasteiger partial charge in [0, 0.05) is 19.1 Å². The summed E-state index contributed by atoms with van der Waals surface area (Å²) >= 11 is 0. The summed E-state index contributed by atoms with van der Waals surface area (Å²) < 4.78 is 5.76. The highest BCUT2D eigenvalue weighted by atomic mass is 16.5. The fourth-order valence-corrected chi connectivity index (χ4v) is 1.97. The molecule has 0 amide bonds. The van der Waals surface area contributed by atoms with Gasteiger partial charge in [-0.2, -0.15) is 0 Å². The third-order valence-electron chi connectivity index (χ3n) is 3.09. The van der Waals surface area contributed by atoms with Crippen molar-refractivity contribution in [3.05, 3.63) is 29.8 Å². The predicted molar refractivity (Wildman–Crippen MR) is 77.1 cm³/mol. The normalized spacial score (nSPS) is 11.2. The van der Waals surface area contributed by atoms with Crippen LogP contribution < -0.4 is 10.1 Å². The van der Waals surface area contributed by atoms with Crippen LogP contribution in [0, 0.1) is 0 Å². The van der Waals surface area contributed by atoms with Crippen molar-refractivity contribution in [2.45, 2.75) is 33.4 Å². The minimum absolute atomic E-state index is 0.580. The maximum absolute atomic E-state index is 5.76. The number of benzene rings is 1. The van der Waals surface area contributed by atoms with E-state index in [2.05, 4.69) is 43.1 Å². The lowest BCUT2D eigenvalue weighted by molar-refractivity contribution is 0.183. The second kappa shape index (κ2) is 8.11. The first-order chi connectivity index (χ1) is 8.67. The van der Waals surface area contributed by atoms with E-state index in [4.69, 9.17) is 4.74 Å². The van der Waals surface area contributed by atoms with Gasteiger partial charge in [-0.25, -0.2) is 0 Å². The Morgan fingerprint density at radius 3 is 2.39 bits per heavy atom. The van der Waals surface area contributed by atoms with Crippen LogP contribution in [0.25, 0.3) is 0 Å². The fourth-order valence-electron chi connectivity index (χ4n) is 1.97. The van der Waals surface area contributed by atoms with Crippen LogP contribution in [0.2, 0.25) is 0 Å². The lowest BCUT2D eigenvalue weighted by atomic mass is 10.2. The zero-order chi connectivity index (χ0) is 13.4. The molecule has 0 aliphatic heterocycles. The van der Waals surface area contributed by atoms with E-state index in [1.807, 2.05) is 19.2 Å². The first kappa shape index (κ1) is 15.0. The Kier molecular flexibility index (Phi) is 6.76. The van der Waals surface area contributed by atoms with Crippen molar-refractivity contribution in [1.29, 1.82) is 0 Å². The van der Waals surface area contributed by atoms with Gasteiger partial charge in [-0.15, -0.1) is 0 Å². The summed E-state index contributed by atoms with van der Waals surface area (Å²) in [6.07, 6.45) is 0. The van der Waals surface area contributed by atoms with E-state index in [0.717, 1.165) is 32.0 Å². The Labute approximate surface area is 111 Å². The van der Waals surface area contributed by atoms with Gasteiger partial charge in [0.1, 0.15) is 12.4 Å². The molecule has 0 atom stereocenters. The molecule has 0 saturated heterocycles. The van der Waals surface area contributed by atoms with Crippen LogP contribution in [0.3, 0.4) is 0 Å². The maximum Gasteiger partial charge on any atom is 0.119 e. The number of likely N-dealkylation sites (N-methyl/N-ethyl adjacent to an activating group) is 1. The summed E-state index contributed by atoms with van der Waals surface area (Å²) in [5.41, 5.74) is 1.28. The van der Waals surface area contributed by atoms with Gasteiger partial charge < -0.3 is 10.1 Å². The Hall–Kier alpha value is -1.06. The molecule has 0 heterocycles. The third-order valence-corrected chi connectivity index (χ3v) is 3.09. The highest BCUT2D eigenvalue weighted by Crippen LogP contribution is 2.12. The Balaban J connectivity index is 2.34. The minimum atomic E-state index is 0.580. The zero-order valence-corrected chi connectivity index (χ0v) is 12.1. The molecule has 1 aromatic rings. The SMILES string of the molecule is CCN(CCOc1ccc(CNC)cc1)C(C)C. The molecule has 0 fully saturated rings. The molecule has 1 N–H and O–H groups in total. The molecule has 0 aromatic heterocycles. The van der Waals surface area contributed by atoms with Crippen molar-refractivity contribution in [3.8, 4) is 5.75 Å². The Morgan fingerprint density at radius 1 is 1.22 bits per heavy atom. The van der Waals surface area contributed by atoms with E-state index in [-0.39, 0.29) is 0 Å². The van der Waals surface area contributed by atoms with Crippen LogP contribution in [-0.2, 0) is 6.54 Å². The van der Waals surface area contributed by atoms with Crippen LogP contribution in [-0.4, -0.2) is 37.7 Å². The van der Waals surface area contributed by atoms with E-state index in [0.29, 0.717) is 6.04 Å². The standard InChI is InChI=1S/C15H26N2O/c1-5-17(13(2)3)10-11-18-15-8-6-14(7-9-15)12-16-4/h6-9,13,16H,5,10-12H2,1-4H3. The highest BCUT2D eigenvalue weighted by Gasteiger charge is 2.06. The van der Waals surface area contributed by atoms with Crippen LogP contribution in [0.15, 0.2) is 24.3 Å². The van der Waals surface area contributed by atoms with E-state index in [1.165, 1.54) is 5.56 Å². The van der Waals surface area contributed by atoms with E-state index >= 15 is 0 Å². The van der Waals surface area contributed by atoms with Gasteiger partial charge >= 0.3 is 0 Å². The number of hydrogen-bond acceptors (Lipinski definition) is 3. The average molecular weight is 250 g/mol. The molecule has 0 saturated carbocycles. The first-order valence-electron chi connectivity index (χ1n) is 6.77. The molecule has 3 nitrogen and oxygen atoms in total. The molecule has 1 rings (SSSR count). The predicted octanol–water partition coefficient (Wildman–Crippen LogP) is 2.52. The van der Waals surface area contributed by atoms with Crippen LogP contribution >= 0.6 is 0 Å².